The highest BCUT2D eigenvalue weighted by atomic mass is 32.2. The number of piperidine rings is 1. The Balaban J connectivity index is 1.82. The molecule has 3 atom stereocenters. The van der Waals surface area contributed by atoms with E-state index in [-0.39, 0.29) is 5.91 Å². The first kappa shape index (κ1) is 20.1. The normalized spacial score (nSPS) is 27.0. The molecule has 1 aromatic rings. The average Bonchev–Trinajstić information content (AvgIpc) is 2.93. The van der Waals surface area contributed by atoms with Gasteiger partial charge in [-0.25, -0.2) is 8.42 Å². The number of aryl methyl sites for hydroxylation is 1. The maximum absolute atomic E-state index is 13.3. The van der Waals surface area contributed by atoms with Gasteiger partial charge < -0.3 is 4.90 Å². The Bertz CT molecular complexity index is 799. The predicted octanol–water partition coefficient (Wildman–Crippen LogP) is 2.84. The van der Waals surface area contributed by atoms with Gasteiger partial charge in [0.2, 0.25) is 10.0 Å². The molecular weight excluding hydrogens is 362 g/mol. The highest BCUT2D eigenvalue weighted by molar-refractivity contribution is 7.92. The van der Waals surface area contributed by atoms with E-state index in [1.54, 1.807) is 12.1 Å². The van der Waals surface area contributed by atoms with E-state index in [1.165, 1.54) is 12.8 Å². The summed E-state index contributed by atoms with van der Waals surface area (Å²) in [4.78, 5) is 17.7. The van der Waals surface area contributed by atoms with Crippen molar-refractivity contribution in [2.75, 3.05) is 24.1 Å². The fourth-order valence-electron chi connectivity index (χ4n) is 4.61. The molecule has 2 heterocycles. The molecule has 0 aliphatic carbocycles. The first-order valence-corrected chi connectivity index (χ1v) is 11.7. The molecule has 150 valence electrons. The topological polar surface area (TPSA) is 69.7 Å². The molecule has 0 bridgehead atoms. The van der Waals surface area contributed by atoms with Crippen molar-refractivity contribution in [3.63, 3.8) is 0 Å². The summed E-state index contributed by atoms with van der Waals surface area (Å²) in [6, 6.07) is 6.77. The number of hydrogen-bond donors (Lipinski definition) is 1. The van der Waals surface area contributed by atoms with E-state index in [4.69, 9.17) is 0 Å². The Labute approximate surface area is 163 Å². The second-order valence-electron chi connectivity index (χ2n) is 8.19. The van der Waals surface area contributed by atoms with Gasteiger partial charge in [-0.05, 0) is 58.6 Å². The summed E-state index contributed by atoms with van der Waals surface area (Å²) in [5, 5.41) is 0. The quantitative estimate of drug-likeness (QED) is 0.854. The molecule has 1 amide bonds. The Morgan fingerprint density at radius 1 is 1.15 bits per heavy atom. The minimum Gasteiger partial charge on any atom is -0.337 e. The van der Waals surface area contributed by atoms with E-state index in [2.05, 4.69) is 23.5 Å². The average molecular weight is 394 g/mol. The third-order valence-electron chi connectivity index (χ3n) is 5.83. The standard InChI is InChI=1S/C20H31N3O3S/c1-14-7-10-19(21-27(4,25)26)18(12-14)20(24)22-11-5-6-17(13-22)23-15(2)8-9-16(23)3/h7,10,12,15-17,21H,5-6,8-9,11,13H2,1-4H3. The van der Waals surface area contributed by atoms with E-state index < -0.39 is 10.0 Å². The monoisotopic (exact) mass is 393 g/mol. The number of rotatable bonds is 4. The lowest BCUT2D eigenvalue weighted by molar-refractivity contribution is 0.0488. The molecular formula is C20H31N3O3S. The summed E-state index contributed by atoms with van der Waals surface area (Å²) in [6.07, 6.45) is 5.62. The van der Waals surface area contributed by atoms with Gasteiger partial charge in [-0.15, -0.1) is 0 Å². The molecule has 2 fully saturated rings. The van der Waals surface area contributed by atoms with Crippen molar-refractivity contribution >= 4 is 21.6 Å². The van der Waals surface area contributed by atoms with Crippen LogP contribution in [0.1, 0.15) is 55.5 Å². The smallest absolute Gasteiger partial charge is 0.256 e. The van der Waals surface area contributed by atoms with Crippen molar-refractivity contribution in [3.05, 3.63) is 29.3 Å². The SMILES string of the molecule is Cc1ccc(NS(C)(=O)=O)c(C(=O)N2CCCC(N3C(C)CCC3C)C2)c1. The summed E-state index contributed by atoms with van der Waals surface area (Å²) in [7, 11) is -3.44. The van der Waals surface area contributed by atoms with Crippen LogP contribution in [0.4, 0.5) is 5.69 Å². The summed E-state index contributed by atoms with van der Waals surface area (Å²) in [5.41, 5.74) is 1.73. The van der Waals surface area contributed by atoms with Crippen molar-refractivity contribution in [2.24, 2.45) is 0 Å². The molecule has 2 aliphatic rings. The van der Waals surface area contributed by atoms with Crippen molar-refractivity contribution in [2.45, 2.75) is 64.6 Å². The van der Waals surface area contributed by atoms with Crippen LogP contribution in [0, 0.1) is 6.92 Å². The zero-order chi connectivity index (χ0) is 19.8. The summed E-state index contributed by atoms with van der Waals surface area (Å²) in [5.74, 6) is -0.0888. The van der Waals surface area contributed by atoms with Crippen molar-refractivity contribution in [1.82, 2.24) is 9.80 Å². The lowest BCUT2D eigenvalue weighted by Gasteiger charge is -2.41. The zero-order valence-electron chi connectivity index (χ0n) is 16.7. The Morgan fingerprint density at radius 2 is 1.81 bits per heavy atom. The van der Waals surface area contributed by atoms with Gasteiger partial charge in [0, 0.05) is 31.2 Å². The maximum atomic E-state index is 13.3. The summed E-state index contributed by atoms with van der Waals surface area (Å²) < 4.78 is 25.9. The lowest BCUT2D eigenvalue weighted by Crippen LogP contribution is -2.52. The van der Waals surface area contributed by atoms with Gasteiger partial charge in [0.25, 0.3) is 5.91 Å². The molecule has 0 spiro atoms. The second kappa shape index (κ2) is 7.80. The fraction of sp³-hybridized carbons (Fsp3) is 0.650. The summed E-state index contributed by atoms with van der Waals surface area (Å²) >= 11 is 0. The van der Waals surface area contributed by atoms with Crippen molar-refractivity contribution in [3.8, 4) is 0 Å². The molecule has 3 rings (SSSR count). The van der Waals surface area contributed by atoms with E-state index in [9.17, 15) is 13.2 Å². The second-order valence-corrected chi connectivity index (χ2v) is 9.94. The Hall–Kier alpha value is -1.60. The maximum Gasteiger partial charge on any atom is 0.256 e. The van der Waals surface area contributed by atoms with Crippen LogP contribution in [0.25, 0.3) is 0 Å². The highest BCUT2D eigenvalue weighted by Crippen LogP contribution is 2.31. The minimum atomic E-state index is -3.44. The number of carbonyl (C=O) groups excluding carboxylic acids is 1. The first-order chi connectivity index (χ1) is 12.7. The summed E-state index contributed by atoms with van der Waals surface area (Å²) in [6.45, 7) is 7.89. The minimum absolute atomic E-state index is 0.0888. The molecule has 2 aliphatic heterocycles. The van der Waals surface area contributed by atoms with Gasteiger partial charge in [-0.3, -0.25) is 14.4 Å². The van der Waals surface area contributed by atoms with Crippen LogP contribution in [0.15, 0.2) is 18.2 Å². The Kier molecular flexibility index (Phi) is 5.82. The van der Waals surface area contributed by atoms with Crippen LogP contribution < -0.4 is 4.72 Å². The van der Waals surface area contributed by atoms with Crippen LogP contribution in [-0.2, 0) is 10.0 Å². The van der Waals surface area contributed by atoms with Gasteiger partial charge in [-0.1, -0.05) is 11.6 Å². The van der Waals surface area contributed by atoms with Crippen LogP contribution in [0.2, 0.25) is 0 Å². The molecule has 3 unspecified atom stereocenters. The van der Waals surface area contributed by atoms with Crippen molar-refractivity contribution in [1.29, 1.82) is 0 Å². The number of nitrogens with one attached hydrogen (secondary N) is 1. The van der Waals surface area contributed by atoms with Gasteiger partial charge >= 0.3 is 0 Å². The number of carbonyl (C=O) groups is 1. The number of sulfonamides is 1. The highest BCUT2D eigenvalue weighted by Gasteiger charge is 2.36. The molecule has 0 saturated carbocycles. The number of likely N-dealkylation sites (tertiary alicyclic amines) is 2. The first-order valence-electron chi connectivity index (χ1n) is 9.81. The van der Waals surface area contributed by atoms with Gasteiger partial charge in [-0.2, -0.15) is 0 Å². The molecule has 27 heavy (non-hydrogen) atoms. The number of hydrogen-bond acceptors (Lipinski definition) is 4. The lowest BCUT2D eigenvalue weighted by atomic mass is 10.0. The Morgan fingerprint density at radius 3 is 2.44 bits per heavy atom. The van der Waals surface area contributed by atoms with Crippen LogP contribution in [0.5, 0.6) is 0 Å². The zero-order valence-corrected chi connectivity index (χ0v) is 17.6. The predicted molar refractivity (Wildman–Crippen MR) is 109 cm³/mol. The van der Waals surface area contributed by atoms with E-state index in [1.807, 2.05) is 17.9 Å². The molecule has 1 aromatic carbocycles. The van der Waals surface area contributed by atoms with Crippen molar-refractivity contribution < 1.29 is 13.2 Å². The third kappa shape index (κ3) is 4.63. The molecule has 0 radical (unpaired) electrons. The number of benzene rings is 1. The number of amides is 1. The van der Waals surface area contributed by atoms with Gasteiger partial charge in [0.1, 0.15) is 0 Å². The van der Waals surface area contributed by atoms with Crippen LogP contribution >= 0.6 is 0 Å². The third-order valence-corrected chi connectivity index (χ3v) is 6.42. The number of anilines is 1. The molecule has 7 heteroatoms. The number of nitrogens with zero attached hydrogens (tertiary/aromatic N) is 2. The van der Waals surface area contributed by atoms with E-state index in [0.29, 0.717) is 35.9 Å². The molecule has 0 aromatic heterocycles. The largest absolute Gasteiger partial charge is 0.337 e. The molecule has 1 N–H and O–H groups in total. The van der Waals surface area contributed by atoms with Gasteiger partial charge in [0.15, 0.2) is 0 Å². The molecule has 6 nitrogen and oxygen atoms in total. The van der Waals surface area contributed by atoms with Gasteiger partial charge in [0.05, 0.1) is 17.5 Å². The van der Waals surface area contributed by atoms with Crippen LogP contribution in [-0.4, -0.2) is 61.6 Å². The van der Waals surface area contributed by atoms with E-state index >= 15 is 0 Å². The fourth-order valence-corrected chi connectivity index (χ4v) is 5.19. The van der Waals surface area contributed by atoms with Crippen LogP contribution in [0.3, 0.4) is 0 Å². The van der Waals surface area contributed by atoms with E-state index in [0.717, 1.165) is 31.2 Å². The molecule has 2 saturated heterocycles.